The Morgan fingerprint density at radius 2 is 2.00 bits per heavy atom. The molecule has 1 saturated heterocycles. The van der Waals surface area contributed by atoms with Crippen LogP contribution in [0.4, 0.5) is 6.01 Å². The van der Waals surface area contributed by atoms with Crippen LogP contribution >= 0.6 is 0 Å². The van der Waals surface area contributed by atoms with Gasteiger partial charge in [0.15, 0.2) is 0 Å². The summed E-state index contributed by atoms with van der Waals surface area (Å²) in [6.07, 6.45) is 2.42. The van der Waals surface area contributed by atoms with E-state index in [-0.39, 0.29) is 5.54 Å². The molecule has 0 amide bonds. The number of nitrogens with one attached hydrogen (secondary N) is 1. The molecule has 1 aromatic rings. The third kappa shape index (κ3) is 4.45. The topological polar surface area (TPSA) is 63.4 Å². The van der Waals surface area contributed by atoms with E-state index in [1.165, 1.54) is 0 Å². The van der Waals surface area contributed by atoms with Gasteiger partial charge in [0.25, 0.3) is 0 Å². The maximum atomic E-state index is 5.71. The molecule has 2 rings (SSSR count). The molecule has 0 saturated carbocycles. The summed E-state index contributed by atoms with van der Waals surface area (Å²) in [6.45, 7) is 11.6. The van der Waals surface area contributed by atoms with E-state index in [9.17, 15) is 0 Å². The molecule has 0 aliphatic carbocycles. The molecule has 1 aliphatic rings. The average Bonchev–Trinajstić information content (AvgIpc) is 2.86. The summed E-state index contributed by atoms with van der Waals surface area (Å²) in [7, 11) is 0. The molecule has 0 atom stereocenters. The summed E-state index contributed by atoms with van der Waals surface area (Å²) < 4.78 is 11.4. The van der Waals surface area contributed by atoms with Gasteiger partial charge >= 0.3 is 6.01 Å². The Morgan fingerprint density at radius 3 is 2.60 bits per heavy atom. The van der Waals surface area contributed by atoms with Gasteiger partial charge < -0.3 is 19.4 Å². The zero-order valence-electron chi connectivity index (χ0n) is 13.0. The summed E-state index contributed by atoms with van der Waals surface area (Å²) >= 11 is 0. The van der Waals surface area contributed by atoms with Crippen molar-refractivity contribution in [1.29, 1.82) is 0 Å². The van der Waals surface area contributed by atoms with E-state index in [4.69, 9.17) is 9.15 Å². The molecule has 0 spiro atoms. The Hall–Kier alpha value is -1.14. The molecule has 1 aromatic heterocycles. The molecule has 1 aliphatic heterocycles. The van der Waals surface area contributed by atoms with Crippen molar-refractivity contribution >= 4 is 6.01 Å². The van der Waals surface area contributed by atoms with Gasteiger partial charge in [-0.15, -0.1) is 5.10 Å². The number of piperidine rings is 1. The van der Waals surface area contributed by atoms with Crippen LogP contribution in [0, 0.1) is 0 Å². The van der Waals surface area contributed by atoms with Gasteiger partial charge in [-0.3, -0.25) is 0 Å². The first-order valence-corrected chi connectivity index (χ1v) is 7.42. The van der Waals surface area contributed by atoms with Crippen LogP contribution in [0.25, 0.3) is 0 Å². The fraction of sp³-hybridized carbons (Fsp3) is 0.857. The molecule has 20 heavy (non-hydrogen) atoms. The molecular weight excluding hydrogens is 256 g/mol. The van der Waals surface area contributed by atoms with Gasteiger partial charge in [-0.1, -0.05) is 5.10 Å². The molecule has 2 heterocycles. The van der Waals surface area contributed by atoms with E-state index in [1.807, 2.05) is 6.92 Å². The van der Waals surface area contributed by atoms with Crippen LogP contribution in [0.1, 0.15) is 46.4 Å². The third-order valence-electron chi connectivity index (χ3n) is 3.34. The summed E-state index contributed by atoms with van der Waals surface area (Å²) in [5.74, 6) is 0.641. The van der Waals surface area contributed by atoms with Crippen molar-refractivity contribution in [2.75, 3.05) is 24.6 Å². The minimum Gasteiger partial charge on any atom is -0.407 e. The predicted octanol–water partition coefficient (Wildman–Crippen LogP) is 1.96. The Morgan fingerprint density at radius 1 is 1.30 bits per heavy atom. The molecule has 114 valence electrons. The quantitative estimate of drug-likeness (QED) is 0.890. The lowest BCUT2D eigenvalue weighted by molar-refractivity contribution is 0.0453. The lowest BCUT2D eigenvalue weighted by atomic mass is 10.1. The number of ether oxygens (including phenoxy) is 1. The lowest BCUT2D eigenvalue weighted by Gasteiger charge is -2.30. The SMILES string of the molecule is CCOC1CCN(c2nnc(CNC(C)(C)C)o2)CC1. The summed E-state index contributed by atoms with van der Waals surface area (Å²) in [5, 5.41) is 11.6. The number of rotatable bonds is 5. The van der Waals surface area contributed by atoms with Crippen LogP contribution in [0.2, 0.25) is 0 Å². The Balaban J connectivity index is 1.84. The summed E-state index contributed by atoms with van der Waals surface area (Å²) in [5.41, 5.74) is 0.0461. The predicted molar refractivity (Wildman–Crippen MR) is 77.8 cm³/mol. The van der Waals surface area contributed by atoms with Crippen molar-refractivity contribution in [1.82, 2.24) is 15.5 Å². The second-order valence-electron chi connectivity index (χ2n) is 6.22. The van der Waals surface area contributed by atoms with Crippen LogP contribution in [0.5, 0.6) is 0 Å². The molecule has 0 aromatic carbocycles. The number of anilines is 1. The van der Waals surface area contributed by atoms with Crippen molar-refractivity contribution < 1.29 is 9.15 Å². The van der Waals surface area contributed by atoms with Gasteiger partial charge in [0.05, 0.1) is 12.6 Å². The van der Waals surface area contributed by atoms with Crippen LogP contribution < -0.4 is 10.2 Å². The number of aromatic nitrogens is 2. The molecule has 6 nitrogen and oxygen atoms in total. The Bertz CT molecular complexity index is 406. The van der Waals surface area contributed by atoms with E-state index >= 15 is 0 Å². The highest BCUT2D eigenvalue weighted by molar-refractivity contribution is 5.24. The van der Waals surface area contributed by atoms with Gasteiger partial charge in [-0.05, 0) is 40.5 Å². The molecule has 1 fully saturated rings. The van der Waals surface area contributed by atoms with Gasteiger partial charge in [0.1, 0.15) is 0 Å². The number of hydrogen-bond acceptors (Lipinski definition) is 6. The highest BCUT2D eigenvalue weighted by Gasteiger charge is 2.23. The molecule has 1 N–H and O–H groups in total. The highest BCUT2D eigenvalue weighted by atomic mass is 16.5. The van der Waals surface area contributed by atoms with E-state index in [0.717, 1.165) is 32.5 Å². The minimum absolute atomic E-state index is 0.0461. The van der Waals surface area contributed by atoms with Crippen molar-refractivity contribution in [2.45, 2.75) is 58.7 Å². The minimum atomic E-state index is 0.0461. The zero-order chi connectivity index (χ0) is 14.6. The first-order chi connectivity index (χ1) is 9.48. The molecule has 0 bridgehead atoms. The van der Waals surface area contributed by atoms with Crippen molar-refractivity contribution in [3.05, 3.63) is 5.89 Å². The summed E-state index contributed by atoms with van der Waals surface area (Å²) in [6, 6.07) is 0.630. The maximum absolute atomic E-state index is 5.71. The van der Waals surface area contributed by atoms with Gasteiger partial charge in [-0.2, -0.15) is 0 Å². The number of hydrogen-bond donors (Lipinski definition) is 1. The first kappa shape index (κ1) is 15.3. The highest BCUT2D eigenvalue weighted by Crippen LogP contribution is 2.20. The van der Waals surface area contributed by atoms with Crippen LogP contribution in [-0.2, 0) is 11.3 Å². The van der Waals surface area contributed by atoms with Crippen LogP contribution in [0.15, 0.2) is 4.42 Å². The lowest BCUT2D eigenvalue weighted by Crippen LogP contribution is -2.37. The summed E-state index contributed by atoms with van der Waals surface area (Å²) in [4.78, 5) is 2.14. The normalized spacial score (nSPS) is 17.7. The van der Waals surface area contributed by atoms with E-state index < -0.39 is 0 Å². The Kier molecular flexibility index (Phi) is 4.99. The average molecular weight is 282 g/mol. The third-order valence-corrected chi connectivity index (χ3v) is 3.34. The van der Waals surface area contributed by atoms with Gasteiger partial charge in [-0.25, -0.2) is 0 Å². The van der Waals surface area contributed by atoms with Gasteiger partial charge in [0.2, 0.25) is 5.89 Å². The molecule has 6 heteroatoms. The maximum Gasteiger partial charge on any atom is 0.318 e. The fourth-order valence-electron chi connectivity index (χ4n) is 2.23. The largest absolute Gasteiger partial charge is 0.407 e. The van der Waals surface area contributed by atoms with Crippen LogP contribution in [-0.4, -0.2) is 41.5 Å². The molecular formula is C14H26N4O2. The van der Waals surface area contributed by atoms with E-state index in [0.29, 0.717) is 24.6 Å². The molecule has 0 unspecified atom stereocenters. The van der Waals surface area contributed by atoms with Crippen LogP contribution in [0.3, 0.4) is 0 Å². The second-order valence-corrected chi connectivity index (χ2v) is 6.22. The smallest absolute Gasteiger partial charge is 0.318 e. The van der Waals surface area contributed by atoms with E-state index in [2.05, 4.69) is 41.2 Å². The van der Waals surface area contributed by atoms with Crippen molar-refractivity contribution in [2.24, 2.45) is 0 Å². The fourth-order valence-corrected chi connectivity index (χ4v) is 2.23. The van der Waals surface area contributed by atoms with Crippen molar-refractivity contribution in [3.8, 4) is 0 Å². The monoisotopic (exact) mass is 282 g/mol. The standard InChI is InChI=1S/C14H26N4O2/c1-5-19-11-6-8-18(9-7-11)13-17-16-12(20-13)10-15-14(2,3)4/h11,15H,5-10H2,1-4H3. The zero-order valence-corrected chi connectivity index (χ0v) is 13.0. The van der Waals surface area contributed by atoms with E-state index in [1.54, 1.807) is 0 Å². The second kappa shape index (κ2) is 6.54. The number of nitrogens with zero attached hydrogens (tertiary/aromatic N) is 3. The van der Waals surface area contributed by atoms with Crippen molar-refractivity contribution in [3.63, 3.8) is 0 Å². The first-order valence-electron chi connectivity index (χ1n) is 7.42. The Labute approximate surface area is 120 Å². The molecule has 0 radical (unpaired) electrons. The van der Waals surface area contributed by atoms with Gasteiger partial charge in [0, 0.05) is 25.2 Å².